The van der Waals surface area contributed by atoms with Gasteiger partial charge in [0.05, 0.1) is 0 Å². The van der Waals surface area contributed by atoms with E-state index in [0.29, 0.717) is 17.5 Å². The molecule has 2 aromatic rings. The van der Waals surface area contributed by atoms with Gasteiger partial charge in [0.1, 0.15) is 0 Å². The van der Waals surface area contributed by atoms with Gasteiger partial charge in [0, 0.05) is 12.0 Å². The Morgan fingerprint density at radius 3 is 2.39 bits per heavy atom. The summed E-state index contributed by atoms with van der Waals surface area (Å²) in [5.74, 6) is -0.193. The summed E-state index contributed by atoms with van der Waals surface area (Å²) in [6, 6.07) is 14.9. The zero-order valence-corrected chi connectivity index (χ0v) is 10.2. The topological polar surface area (TPSA) is 37.3 Å². The highest BCUT2D eigenvalue weighted by Crippen LogP contribution is 2.37. The van der Waals surface area contributed by atoms with Gasteiger partial charge >= 0.3 is 0 Å². The highest BCUT2D eigenvalue weighted by molar-refractivity contribution is 6.07. The largest absolute Gasteiger partial charge is 0.377 e. The number of carbonyl (C=O) groups excluding carboxylic acids is 1. The molecule has 0 spiro atoms. The number of benzene rings is 2. The van der Waals surface area contributed by atoms with Crippen molar-refractivity contribution in [3.63, 3.8) is 0 Å². The van der Waals surface area contributed by atoms with Crippen LogP contribution in [-0.4, -0.2) is 10.9 Å². The molecule has 2 heteroatoms. The molecule has 3 rings (SSSR count). The number of aryl methyl sites for hydroxylation is 1. The third kappa shape index (κ3) is 1.50. The van der Waals surface area contributed by atoms with Crippen molar-refractivity contribution in [3.8, 4) is 0 Å². The van der Waals surface area contributed by atoms with Crippen molar-refractivity contribution in [3.05, 3.63) is 70.8 Å². The maximum atomic E-state index is 12.4. The van der Waals surface area contributed by atoms with Crippen LogP contribution in [0.25, 0.3) is 0 Å². The molecule has 0 aromatic heterocycles. The zero-order valence-electron chi connectivity index (χ0n) is 10.2. The van der Waals surface area contributed by atoms with Gasteiger partial charge in [0.25, 0.3) is 0 Å². The van der Waals surface area contributed by atoms with E-state index >= 15 is 0 Å². The van der Waals surface area contributed by atoms with Crippen molar-refractivity contribution in [2.45, 2.75) is 18.9 Å². The Hall–Kier alpha value is -1.93. The lowest BCUT2D eigenvalue weighted by Gasteiger charge is -2.21. The Morgan fingerprint density at radius 1 is 1.06 bits per heavy atom. The van der Waals surface area contributed by atoms with E-state index in [1.54, 1.807) is 6.07 Å². The van der Waals surface area contributed by atoms with Gasteiger partial charge in [0.2, 0.25) is 0 Å². The third-order valence-corrected chi connectivity index (χ3v) is 3.61. The summed E-state index contributed by atoms with van der Waals surface area (Å²) in [5, 5.41) is 10.7. The van der Waals surface area contributed by atoms with Crippen LogP contribution in [0.1, 0.15) is 27.0 Å². The minimum absolute atomic E-state index is 0.193. The first-order valence-corrected chi connectivity index (χ1v) is 6.03. The first-order valence-electron chi connectivity index (χ1n) is 6.03. The average molecular weight is 238 g/mol. The Morgan fingerprint density at radius 2 is 1.72 bits per heavy atom. The second kappa shape index (κ2) is 3.79. The summed E-state index contributed by atoms with van der Waals surface area (Å²) >= 11 is 0. The summed E-state index contributed by atoms with van der Waals surface area (Å²) in [4.78, 5) is 12.4. The van der Waals surface area contributed by atoms with Crippen molar-refractivity contribution < 1.29 is 9.90 Å². The molecule has 0 aliphatic heterocycles. The number of aliphatic hydroxyl groups is 1. The minimum Gasteiger partial charge on any atom is -0.377 e. The average Bonchev–Trinajstić information content (AvgIpc) is 2.64. The first-order chi connectivity index (χ1) is 8.61. The van der Waals surface area contributed by atoms with E-state index < -0.39 is 5.60 Å². The molecule has 90 valence electrons. The molecule has 1 unspecified atom stereocenters. The van der Waals surface area contributed by atoms with Crippen LogP contribution in [0.5, 0.6) is 0 Å². The monoisotopic (exact) mass is 238 g/mol. The molecule has 0 saturated carbocycles. The quantitative estimate of drug-likeness (QED) is 0.829. The third-order valence-electron chi connectivity index (χ3n) is 3.61. The number of ketones is 1. The van der Waals surface area contributed by atoms with Crippen LogP contribution in [0.3, 0.4) is 0 Å². The van der Waals surface area contributed by atoms with E-state index in [-0.39, 0.29) is 5.78 Å². The maximum Gasteiger partial charge on any atom is 0.199 e. The summed E-state index contributed by atoms with van der Waals surface area (Å²) in [6.07, 6.45) is 0.366. The van der Waals surface area contributed by atoms with Crippen LogP contribution in [0.2, 0.25) is 0 Å². The number of hydrogen-bond acceptors (Lipinski definition) is 2. The molecule has 0 bridgehead atoms. The molecule has 1 N–H and O–H groups in total. The number of fused-ring (bicyclic) bond motifs is 1. The fourth-order valence-corrected chi connectivity index (χ4v) is 2.54. The maximum absolute atomic E-state index is 12.4. The van der Waals surface area contributed by atoms with Crippen molar-refractivity contribution in [2.75, 3.05) is 0 Å². The first kappa shape index (κ1) is 11.2. The van der Waals surface area contributed by atoms with E-state index in [2.05, 4.69) is 0 Å². The lowest BCUT2D eigenvalue weighted by molar-refractivity contribution is 0.0355. The summed E-state index contributed by atoms with van der Waals surface area (Å²) < 4.78 is 0. The van der Waals surface area contributed by atoms with Crippen molar-refractivity contribution in [1.82, 2.24) is 0 Å². The second-order valence-electron chi connectivity index (χ2n) is 4.89. The van der Waals surface area contributed by atoms with Crippen molar-refractivity contribution in [1.29, 1.82) is 0 Å². The van der Waals surface area contributed by atoms with Gasteiger partial charge in [-0.25, -0.2) is 0 Å². The van der Waals surface area contributed by atoms with Gasteiger partial charge in [-0.3, -0.25) is 4.79 Å². The molecule has 0 fully saturated rings. The number of hydrogen-bond donors (Lipinski definition) is 1. The fourth-order valence-electron chi connectivity index (χ4n) is 2.54. The highest BCUT2D eigenvalue weighted by atomic mass is 16.3. The van der Waals surface area contributed by atoms with Gasteiger partial charge in [-0.05, 0) is 18.1 Å². The van der Waals surface area contributed by atoms with Crippen molar-refractivity contribution >= 4 is 5.78 Å². The van der Waals surface area contributed by atoms with E-state index in [4.69, 9.17) is 0 Å². The molecule has 2 aromatic carbocycles. The lowest BCUT2D eigenvalue weighted by atomic mass is 9.89. The van der Waals surface area contributed by atoms with Crippen LogP contribution in [-0.2, 0) is 12.0 Å². The van der Waals surface area contributed by atoms with Crippen LogP contribution >= 0.6 is 0 Å². The lowest BCUT2D eigenvalue weighted by Crippen LogP contribution is -2.32. The van der Waals surface area contributed by atoms with Gasteiger partial charge in [0.15, 0.2) is 11.4 Å². The molecule has 1 aliphatic rings. The van der Waals surface area contributed by atoms with Gasteiger partial charge in [-0.1, -0.05) is 54.1 Å². The van der Waals surface area contributed by atoms with E-state index in [1.807, 2.05) is 49.4 Å². The summed E-state index contributed by atoms with van der Waals surface area (Å²) in [6.45, 7) is 1.99. The van der Waals surface area contributed by atoms with E-state index in [1.165, 1.54) is 0 Å². The highest BCUT2D eigenvalue weighted by Gasteiger charge is 2.44. The van der Waals surface area contributed by atoms with Gasteiger partial charge < -0.3 is 5.11 Å². The second-order valence-corrected chi connectivity index (χ2v) is 4.89. The molecule has 0 heterocycles. The molecule has 1 aliphatic carbocycles. The molecule has 0 amide bonds. The van der Waals surface area contributed by atoms with Crippen LogP contribution in [0.4, 0.5) is 0 Å². The van der Waals surface area contributed by atoms with Crippen LogP contribution in [0, 0.1) is 6.92 Å². The molecule has 18 heavy (non-hydrogen) atoms. The molecule has 1 atom stereocenters. The van der Waals surface area contributed by atoms with E-state index in [0.717, 1.165) is 11.1 Å². The molecular formula is C16H14O2. The summed E-state index contributed by atoms with van der Waals surface area (Å²) in [5.41, 5.74) is 1.96. The standard InChI is InChI=1S/C16H14O2/c1-11-6-8-13(9-7-11)16(18)10-12-4-2-3-5-14(12)15(16)17/h2-9,18H,10H2,1H3. The molecular weight excluding hydrogens is 224 g/mol. The van der Waals surface area contributed by atoms with Crippen LogP contribution < -0.4 is 0 Å². The number of carbonyl (C=O) groups is 1. The predicted molar refractivity (Wildman–Crippen MR) is 69.6 cm³/mol. The number of rotatable bonds is 1. The Labute approximate surface area is 106 Å². The molecule has 0 radical (unpaired) electrons. The molecule has 0 saturated heterocycles. The zero-order chi connectivity index (χ0) is 12.8. The smallest absolute Gasteiger partial charge is 0.199 e. The SMILES string of the molecule is Cc1ccc(C2(O)Cc3ccccc3C2=O)cc1. The Balaban J connectivity index is 2.09. The van der Waals surface area contributed by atoms with Crippen molar-refractivity contribution in [2.24, 2.45) is 0 Å². The van der Waals surface area contributed by atoms with Gasteiger partial charge in [-0.2, -0.15) is 0 Å². The normalized spacial score (nSPS) is 22.0. The summed E-state index contributed by atoms with van der Waals surface area (Å²) in [7, 11) is 0. The fraction of sp³-hybridized carbons (Fsp3) is 0.188. The van der Waals surface area contributed by atoms with E-state index in [9.17, 15) is 9.90 Å². The number of Topliss-reactive ketones (excluding diaryl/α,β-unsaturated/α-hetero) is 1. The minimum atomic E-state index is -1.39. The molecule has 2 nitrogen and oxygen atoms in total. The van der Waals surface area contributed by atoms with Crippen LogP contribution in [0.15, 0.2) is 48.5 Å². The predicted octanol–water partition coefficient (Wildman–Crippen LogP) is 2.62. The Kier molecular flexibility index (Phi) is 2.35. The van der Waals surface area contributed by atoms with Gasteiger partial charge in [-0.15, -0.1) is 0 Å². The Bertz CT molecular complexity index is 613.